The maximum absolute atomic E-state index is 12.7. The van der Waals surface area contributed by atoms with Crippen molar-refractivity contribution >= 4 is 50.8 Å². The first-order valence-corrected chi connectivity index (χ1v) is 11.9. The molecule has 0 aliphatic heterocycles. The quantitative estimate of drug-likeness (QED) is 0.458. The third-order valence-corrected chi connectivity index (χ3v) is 6.12. The molecule has 3 N–H and O–H groups in total. The highest BCUT2D eigenvalue weighted by Crippen LogP contribution is 2.18. The number of sulfonamides is 1. The van der Waals surface area contributed by atoms with Gasteiger partial charge in [0.1, 0.15) is 6.04 Å². The van der Waals surface area contributed by atoms with Crippen LogP contribution in [0.15, 0.2) is 53.4 Å². The van der Waals surface area contributed by atoms with Gasteiger partial charge in [-0.3, -0.25) is 14.4 Å². The van der Waals surface area contributed by atoms with Crippen LogP contribution in [0, 0.1) is 5.92 Å². The summed E-state index contributed by atoms with van der Waals surface area (Å²) in [5.74, 6) is -2.17. The topological polar surface area (TPSA) is 131 Å². The van der Waals surface area contributed by atoms with Crippen LogP contribution in [0.1, 0.15) is 27.7 Å². The molecule has 9 nitrogen and oxygen atoms in total. The molecule has 0 bridgehead atoms. The van der Waals surface area contributed by atoms with E-state index in [0.717, 1.165) is 0 Å². The molecule has 0 unspecified atom stereocenters. The third-order valence-electron chi connectivity index (χ3n) is 4.44. The summed E-state index contributed by atoms with van der Waals surface area (Å²) in [6.45, 7) is 6.05. The van der Waals surface area contributed by atoms with E-state index >= 15 is 0 Å². The molecule has 2 aromatic rings. The van der Waals surface area contributed by atoms with Gasteiger partial charge in [-0.2, -0.15) is 4.72 Å². The summed E-state index contributed by atoms with van der Waals surface area (Å²) < 4.78 is 32.9. The van der Waals surface area contributed by atoms with Gasteiger partial charge in [-0.1, -0.05) is 31.5 Å². The molecule has 2 aromatic carbocycles. The number of esters is 1. The van der Waals surface area contributed by atoms with Gasteiger partial charge in [0.15, 0.2) is 6.10 Å². The number of halogens is 1. The molecule has 0 radical (unpaired) electrons. The summed E-state index contributed by atoms with van der Waals surface area (Å²) in [5, 5.41) is 5.43. The van der Waals surface area contributed by atoms with Crippen molar-refractivity contribution in [2.45, 2.75) is 44.7 Å². The molecule has 178 valence electrons. The predicted octanol–water partition coefficient (Wildman–Crippen LogP) is 3.17. The van der Waals surface area contributed by atoms with Crippen LogP contribution >= 0.6 is 11.6 Å². The van der Waals surface area contributed by atoms with E-state index in [1.165, 1.54) is 38.1 Å². The first kappa shape index (κ1) is 26.3. The zero-order valence-corrected chi connectivity index (χ0v) is 20.2. The van der Waals surface area contributed by atoms with Gasteiger partial charge in [0.25, 0.3) is 5.91 Å². The van der Waals surface area contributed by atoms with Crippen molar-refractivity contribution in [3.63, 3.8) is 0 Å². The zero-order valence-electron chi connectivity index (χ0n) is 18.6. The third kappa shape index (κ3) is 7.85. The minimum Gasteiger partial charge on any atom is -0.451 e. The number of rotatable bonds is 9. The lowest BCUT2D eigenvalue weighted by Crippen LogP contribution is -2.47. The van der Waals surface area contributed by atoms with Gasteiger partial charge in [-0.15, -0.1) is 0 Å². The summed E-state index contributed by atoms with van der Waals surface area (Å²) >= 11 is 5.87. The normalized spacial score (nSPS) is 13.2. The standard InChI is InChI=1S/C22H26ClN3O6S/c1-13(2)20(26-33(30,31)19-7-5-6-16(23)12-19)22(29)32-14(3)21(28)25-18-10-8-17(9-11-18)24-15(4)27/h5-14,20,26H,1-4H3,(H,24,27)(H,25,28)/t14-,20+/m1/s1. The number of carbonyl (C=O) groups is 3. The Bertz CT molecular complexity index is 1120. The molecule has 0 saturated heterocycles. The smallest absolute Gasteiger partial charge is 0.325 e. The summed E-state index contributed by atoms with van der Waals surface area (Å²) in [7, 11) is -4.06. The molecule has 0 fully saturated rings. The second-order valence-electron chi connectivity index (χ2n) is 7.63. The fraction of sp³-hybridized carbons (Fsp3) is 0.318. The molecule has 0 saturated carbocycles. The predicted molar refractivity (Wildman–Crippen MR) is 125 cm³/mol. The van der Waals surface area contributed by atoms with Crippen LogP contribution in [0.25, 0.3) is 0 Å². The largest absolute Gasteiger partial charge is 0.451 e. The van der Waals surface area contributed by atoms with E-state index in [1.807, 2.05) is 0 Å². The minimum atomic E-state index is -4.06. The first-order valence-electron chi connectivity index (χ1n) is 10.1. The lowest BCUT2D eigenvalue weighted by atomic mass is 10.1. The van der Waals surface area contributed by atoms with Crippen molar-refractivity contribution in [2.24, 2.45) is 5.92 Å². The average Bonchev–Trinajstić information content (AvgIpc) is 2.72. The Morgan fingerprint density at radius 2 is 1.52 bits per heavy atom. The molecule has 0 heterocycles. The Morgan fingerprint density at radius 1 is 0.939 bits per heavy atom. The van der Waals surface area contributed by atoms with Gasteiger partial charge in [-0.05, 0) is 55.3 Å². The van der Waals surface area contributed by atoms with Crippen LogP contribution in [-0.4, -0.2) is 38.3 Å². The number of hydrogen-bond acceptors (Lipinski definition) is 6. The van der Waals surface area contributed by atoms with Crippen molar-refractivity contribution in [3.05, 3.63) is 53.6 Å². The Kier molecular flexibility index (Phi) is 8.98. The van der Waals surface area contributed by atoms with Gasteiger partial charge in [0, 0.05) is 23.3 Å². The Balaban J connectivity index is 2.03. The minimum absolute atomic E-state index is 0.0954. The van der Waals surface area contributed by atoms with Crippen molar-refractivity contribution in [2.75, 3.05) is 10.6 Å². The van der Waals surface area contributed by atoms with Crippen LogP contribution < -0.4 is 15.4 Å². The van der Waals surface area contributed by atoms with E-state index in [2.05, 4.69) is 15.4 Å². The van der Waals surface area contributed by atoms with E-state index < -0.39 is 40.0 Å². The van der Waals surface area contributed by atoms with Gasteiger partial charge in [0.2, 0.25) is 15.9 Å². The number of ether oxygens (including phenoxy) is 1. The first-order chi connectivity index (χ1) is 15.4. The highest BCUT2D eigenvalue weighted by atomic mass is 35.5. The molecule has 0 aliphatic rings. The highest BCUT2D eigenvalue weighted by molar-refractivity contribution is 7.89. The Hall–Kier alpha value is -2.95. The van der Waals surface area contributed by atoms with E-state index in [4.69, 9.17) is 16.3 Å². The average molecular weight is 496 g/mol. The summed E-state index contributed by atoms with van der Waals surface area (Å²) in [4.78, 5) is 36.1. The molecule has 0 aromatic heterocycles. The maximum Gasteiger partial charge on any atom is 0.325 e. The monoisotopic (exact) mass is 495 g/mol. The fourth-order valence-electron chi connectivity index (χ4n) is 2.71. The molecule has 2 atom stereocenters. The molecular formula is C22H26ClN3O6S. The molecule has 2 rings (SSSR count). The van der Waals surface area contributed by atoms with Crippen LogP contribution in [0.2, 0.25) is 5.02 Å². The van der Waals surface area contributed by atoms with E-state index in [-0.39, 0.29) is 15.8 Å². The lowest BCUT2D eigenvalue weighted by Gasteiger charge is -2.23. The Labute approximate surface area is 197 Å². The van der Waals surface area contributed by atoms with E-state index in [1.54, 1.807) is 38.1 Å². The SMILES string of the molecule is CC(=O)Nc1ccc(NC(=O)[C@@H](C)OC(=O)[C@@H](NS(=O)(=O)c2cccc(Cl)c2)C(C)C)cc1. The molecule has 11 heteroatoms. The van der Waals surface area contributed by atoms with Crippen LogP contribution in [0.3, 0.4) is 0 Å². The maximum atomic E-state index is 12.7. The second kappa shape index (κ2) is 11.3. The second-order valence-corrected chi connectivity index (χ2v) is 9.78. The number of nitrogens with one attached hydrogen (secondary N) is 3. The lowest BCUT2D eigenvalue weighted by molar-refractivity contribution is -0.155. The number of benzene rings is 2. The van der Waals surface area contributed by atoms with Gasteiger partial charge >= 0.3 is 5.97 Å². The molecule has 0 spiro atoms. The summed E-state index contributed by atoms with van der Waals surface area (Å²) in [5.41, 5.74) is 0.991. The number of anilines is 2. The number of hydrogen-bond donors (Lipinski definition) is 3. The summed E-state index contributed by atoms with van der Waals surface area (Å²) in [6, 6.07) is 10.8. The van der Waals surface area contributed by atoms with Crippen LogP contribution in [-0.2, 0) is 29.1 Å². The van der Waals surface area contributed by atoms with Crippen LogP contribution in [0.5, 0.6) is 0 Å². The number of carbonyl (C=O) groups excluding carboxylic acids is 3. The van der Waals surface area contributed by atoms with Crippen LogP contribution in [0.4, 0.5) is 11.4 Å². The molecule has 2 amide bonds. The molecule has 0 aliphatic carbocycles. The summed E-state index contributed by atoms with van der Waals surface area (Å²) in [6.07, 6.45) is -1.19. The van der Waals surface area contributed by atoms with Crippen molar-refractivity contribution in [3.8, 4) is 0 Å². The van der Waals surface area contributed by atoms with Gasteiger partial charge in [-0.25, -0.2) is 8.42 Å². The fourth-order valence-corrected chi connectivity index (χ4v) is 4.34. The molecule has 33 heavy (non-hydrogen) atoms. The van der Waals surface area contributed by atoms with E-state index in [9.17, 15) is 22.8 Å². The van der Waals surface area contributed by atoms with Gasteiger partial charge < -0.3 is 15.4 Å². The van der Waals surface area contributed by atoms with Crippen molar-refractivity contribution in [1.82, 2.24) is 4.72 Å². The number of amides is 2. The molecular weight excluding hydrogens is 470 g/mol. The zero-order chi connectivity index (χ0) is 24.8. The van der Waals surface area contributed by atoms with Gasteiger partial charge in [0.05, 0.1) is 4.90 Å². The van der Waals surface area contributed by atoms with Crippen molar-refractivity contribution < 1.29 is 27.5 Å². The van der Waals surface area contributed by atoms with E-state index in [0.29, 0.717) is 11.4 Å². The van der Waals surface area contributed by atoms with Crippen molar-refractivity contribution in [1.29, 1.82) is 0 Å². The Morgan fingerprint density at radius 3 is 2.03 bits per heavy atom. The highest BCUT2D eigenvalue weighted by Gasteiger charge is 2.32.